The Bertz CT molecular complexity index is 752. The maximum atomic E-state index is 12.3. The summed E-state index contributed by atoms with van der Waals surface area (Å²) in [5, 5.41) is 6.73. The van der Waals surface area contributed by atoms with Crippen LogP contribution in [0.1, 0.15) is 23.4 Å². The van der Waals surface area contributed by atoms with Gasteiger partial charge in [0.2, 0.25) is 11.8 Å². The smallest absolute Gasteiger partial charge is 0.224 e. The number of aromatic nitrogens is 1. The van der Waals surface area contributed by atoms with Crippen LogP contribution >= 0.6 is 0 Å². The molecule has 0 radical (unpaired) electrons. The first-order chi connectivity index (χ1) is 13.1. The monoisotopic (exact) mass is 370 g/mol. The van der Waals surface area contributed by atoms with Gasteiger partial charge in [-0.15, -0.1) is 0 Å². The van der Waals surface area contributed by atoms with Crippen molar-refractivity contribution in [1.82, 2.24) is 20.3 Å². The van der Waals surface area contributed by atoms with Gasteiger partial charge in [0.1, 0.15) is 0 Å². The lowest BCUT2D eigenvalue weighted by molar-refractivity contribution is -0.133. The van der Waals surface area contributed by atoms with E-state index in [1.807, 2.05) is 48.2 Å². The molecule has 144 valence electrons. The van der Waals surface area contributed by atoms with Crippen molar-refractivity contribution in [2.24, 2.45) is 0 Å². The van der Waals surface area contributed by atoms with Crippen molar-refractivity contribution in [2.45, 2.75) is 26.3 Å². The molecule has 2 amide bonds. The molecule has 2 heterocycles. The molecule has 0 atom stereocenters. The Morgan fingerprint density at radius 3 is 2.56 bits per heavy atom. The van der Waals surface area contributed by atoms with Crippen LogP contribution in [0.3, 0.4) is 0 Å². The van der Waals surface area contributed by atoms with Crippen LogP contribution in [0.4, 0.5) is 0 Å². The molecule has 7 heteroatoms. The van der Waals surface area contributed by atoms with Crippen LogP contribution in [0, 0.1) is 6.92 Å². The lowest BCUT2D eigenvalue weighted by Crippen LogP contribution is -2.48. The first kappa shape index (κ1) is 19.1. The van der Waals surface area contributed by atoms with Crippen LogP contribution < -0.4 is 5.32 Å². The summed E-state index contributed by atoms with van der Waals surface area (Å²) in [5.74, 6) is 0.889. The Balaban J connectivity index is 1.33. The molecule has 7 nitrogen and oxygen atoms in total. The van der Waals surface area contributed by atoms with Gasteiger partial charge >= 0.3 is 0 Å². The maximum absolute atomic E-state index is 12.3. The summed E-state index contributed by atoms with van der Waals surface area (Å²) < 4.78 is 5.25. The van der Waals surface area contributed by atoms with E-state index >= 15 is 0 Å². The van der Waals surface area contributed by atoms with E-state index in [2.05, 4.69) is 15.4 Å². The van der Waals surface area contributed by atoms with E-state index in [1.165, 1.54) is 0 Å². The molecule has 1 aromatic heterocycles. The molecule has 1 N–H and O–H groups in total. The van der Waals surface area contributed by atoms with Crippen LogP contribution in [-0.2, 0) is 22.6 Å². The van der Waals surface area contributed by atoms with Crippen LogP contribution in [-0.4, -0.2) is 59.5 Å². The number of hydrogen-bond acceptors (Lipinski definition) is 5. The largest absolute Gasteiger partial charge is 0.360 e. The van der Waals surface area contributed by atoms with Gasteiger partial charge in [-0.25, -0.2) is 0 Å². The average molecular weight is 370 g/mol. The summed E-state index contributed by atoms with van der Waals surface area (Å²) in [6, 6.07) is 11.5. The molecule has 0 spiro atoms. The predicted octanol–water partition coefficient (Wildman–Crippen LogP) is 1.38. The summed E-state index contributed by atoms with van der Waals surface area (Å²) in [6.45, 7) is 6.02. The number of carbonyl (C=O) groups is 2. The first-order valence-corrected chi connectivity index (χ1v) is 9.33. The van der Waals surface area contributed by atoms with Gasteiger partial charge in [0.25, 0.3) is 0 Å². The number of piperazine rings is 1. The van der Waals surface area contributed by atoms with E-state index in [0.717, 1.165) is 36.7 Å². The number of hydrogen-bond donors (Lipinski definition) is 1. The van der Waals surface area contributed by atoms with Gasteiger partial charge in [-0.2, -0.15) is 0 Å². The van der Waals surface area contributed by atoms with E-state index in [1.54, 1.807) is 0 Å². The fourth-order valence-corrected chi connectivity index (χ4v) is 3.18. The highest BCUT2D eigenvalue weighted by atomic mass is 16.5. The quantitative estimate of drug-likeness (QED) is 0.797. The first-order valence-electron chi connectivity index (χ1n) is 9.33. The van der Waals surface area contributed by atoms with Gasteiger partial charge < -0.3 is 14.7 Å². The summed E-state index contributed by atoms with van der Waals surface area (Å²) in [4.78, 5) is 28.4. The van der Waals surface area contributed by atoms with Gasteiger partial charge in [-0.05, 0) is 12.5 Å². The predicted molar refractivity (Wildman–Crippen MR) is 101 cm³/mol. The second-order valence-corrected chi connectivity index (χ2v) is 6.85. The van der Waals surface area contributed by atoms with Gasteiger partial charge in [-0.3, -0.25) is 14.5 Å². The lowest BCUT2D eigenvalue weighted by Gasteiger charge is -2.34. The molecule has 1 aromatic carbocycles. The molecular weight excluding hydrogens is 344 g/mol. The summed E-state index contributed by atoms with van der Waals surface area (Å²) in [5.41, 5.74) is 1.85. The third-order valence-corrected chi connectivity index (χ3v) is 4.65. The molecule has 0 unspecified atom stereocenters. The van der Waals surface area contributed by atoms with Gasteiger partial charge in [0, 0.05) is 45.2 Å². The van der Waals surface area contributed by atoms with E-state index in [0.29, 0.717) is 32.5 Å². The average Bonchev–Trinajstić information content (AvgIpc) is 3.08. The Labute approximate surface area is 159 Å². The summed E-state index contributed by atoms with van der Waals surface area (Å²) in [6.07, 6.45) is 0.677. The van der Waals surface area contributed by atoms with Crippen molar-refractivity contribution in [2.75, 3.05) is 32.7 Å². The lowest BCUT2D eigenvalue weighted by atomic mass is 10.1. The summed E-state index contributed by atoms with van der Waals surface area (Å²) >= 11 is 0. The molecule has 0 saturated carbocycles. The molecular formula is C20H26N4O3. The Hall–Kier alpha value is -2.67. The second kappa shape index (κ2) is 9.32. The molecule has 1 fully saturated rings. The minimum absolute atomic E-state index is 0.0545. The normalized spacial score (nSPS) is 14.9. The van der Waals surface area contributed by atoms with E-state index in [4.69, 9.17) is 4.52 Å². The zero-order valence-corrected chi connectivity index (χ0v) is 15.7. The molecule has 1 aliphatic rings. The fraction of sp³-hybridized carbons (Fsp3) is 0.450. The number of rotatable bonds is 7. The molecule has 1 aliphatic heterocycles. The third kappa shape index (κ3) is 5.92. The fourth-order valence-electron chi connectivity index (χ4n) is 3.18. The summed E-state index contributed by atoms with van der Waals surface area (Å²) in [7, 11) is 0. The highest BCUT2D eigenvalue weighted by Gasteiger charge is 2.21. The molecule has 2 aromatic rings. The van der Waals surface area contributed by atoms with Crippen LogP contribution in [0.25, 0.3) is 0 Å². The molecule has 27 heavy (non-hydrogen) atoms. The SMILES string of the molecule is Cc1cc(CN2CCN(C(=O)CCNC(=O)Cc3ccccc3)CC2)on1. The van der Waals surface area contributed by atoms with Crippen molar-refractivity contribution in [3.63, 3.8) is 0 Å². The van der Waals surface area contributed by atoms with E-state index < -0.39 is 0 Å². The number of carbonyl (C=O) groups excluding carboxylic acids is 2. The zero-order valence-electron chi connectivity index (χ0n) is 15.7. The minimum atomic E-state index is -0.0545. The molecule has 1 saturated heterocycles. The topological polar surface area (TPSA) is 78.7 Å². The third-order valence-electron chi connectivity index (χ3n) is 4.65. The van der Waals surface area contributed by atoms with Crippen molar-refractivity contribution in [1.29, 1.82) is 0 Å². The molecule has 0 aliphatic carbocycles. The van der Waals surface area contributed by atoms with Crippen LogP contribution in [0.5, 0.6) is 0 Å². The van der Waals surface area contributed by atoms with Gasteiger partial charge in [0.05, 0.1) is 18.7 Å². The zero-order chi connectivity index (χ0) is 19.1. The van der Waals surface area contributed by atoms with Crippen molar-refractivity contribution < 1.29 is 14.1 Å². The van der Waals surface area contributed by atoms with Crippen LogP contribution in [0.15, 0.2) is 40.9 Å². The maximum Gasteiger partial charge on any atom is 0.224 e. The Morgan fingerprint density at radius 1 is 1.15 bits per heavy atom. The van der Waals surface area contributed by atoms with Crippen molar-refractivity contribution in [3.8, 4) is 0 Å². The van der Waals surface area contributed by atoms with Gasteiger partial charge in [0.15, 0.2) is 5.76 Å². The number of benzene rings is 1. The Morgan fingerprint density at radius 2 is 1.89 bits per heavy atom. The standard InChI is InChI=1S/C20H26N4O3/c1-16-13-18(27-22-16)15-23-9-11-24(12-10-23)20(26)7-8-21-19(25)14-17-5-3-2-4-6-17/h2-6,13H,7-12,14-15H2,1H3,(H,21,25). The molecule has 3 rings (SSSR count). The van der Waals surface area contributed by atoms with Crippen molar-refractivity contribution >= 4 is 11.8 Å². The van der Waals surface area contributed by atoms with E-state index in [-0.39, 0.29) is 11.8 Å². The number of nitrogens with zero attached hydrogens (tertiary/aromatic N) is 3. The Kier molecular flexibility index (Phi) is 6.59. The minimum Gasteiger partial charge on any atom is -0.360 e. The molecule has 0 bridgehead atoms. The second-order valence-electron chi connectivity index (χ2n) is 6.85. The highest BCUT2D eigenvalue weighted by Crippen LogP contribution is 2.10. The van der Waals surface area contributed by atoms with E-state index in [9.17, 15) is 9.59 Å². The van der Waals surface area contributed by atoms with Gasteiger partial charge in [-0.1, -0.05) is 35.5 Å². The van der Waals surface area contributed by atoms with Crippen molar-refractivity contribution in [3.05, 3.63) is 53.4 Å². The highest BCUT2D eigenvalue weighted by molar-refractivity contribution is 5.80. The number of nitrogens with one attached hydrogen (secondary N) is 1. The number of aryl methyl sites for hydroxylation is 1. The van der Waals surface area contributed by atoms with Crippen LogP contribution in [0.2, 0.25) is 0 Å². The number of amides is 2.